The van der Waals surface area contributed by atoms with Gasteiger partial charge in [-0.1, -0.05) is 41.9 Å². The topological polar surface area (TPSA) is 109 Å². The number of hydrogen-bond donors (Lipinski definition) is 2. The summed E-state index contributed by atoms with van der Waals surface area (Å²) in [5, 5.41) is 20.1. The zero-order valence-electron chi connectivity index (χ0n) is 23.4. The monoisotopic (exact) mass is 685 g/mol. The van der Waals surface area contributed by atoms with Crippen LogP contribution in [0.3, 0.4) is 0 Å². The first-order valence-electron chi connectivity index (χ1n) is 13.4. The summed E-state index contributed by atoms with van der Waals surface area (Å²) in [6.45, 7) is 2.52. The molecule has 0 aliphatic rings. The van der Waals surface area contributed by atoms with E-state index in [2.05, 4.69) is 42.8 Å². The van der Waals surface area contributed by atoms with Gasteiger partial charge in [-0.3, -0.25) is 4.79 Å². The highest BCUT2D eigenvalue weighted by Crippen LogP contribution is 2.34. The lowest BCUT2D eigenvalue weighted by Gasteiger charge is -2.14. The summed E-state index contributed by atoms with van der Waals surface area (Å²) < 4.78 is 12.5. The Kier molecular flexibility index (Phi) is 10.2. The smallest absolute Gasteiger partial charge is 0.271 e. The Labute approximate surface area is 272 Å². The molecule has 1 amide bonds. The lowest BCUT2D eigenvalue weighted by molar-refractivity contribution is 0.0955. The van der Waals surface area contributed by atoms with Gasteiger partial charge < -0.3 is 14.8 Å². The highest BCUT2D eigenvalue weighted by Gasteiger charge is 2.13. The summed E-state index contributed by atoms with van der Waals surface area (Å²) in [6.07, 6.45) is 1.53. The second-order valence-electron chi connectivity index (χ2n) is 9.26. The van der Waals surface area contributed by atoms with Crippen molar-refractivity contribution in [2.24, 2.45) is 5.10 Å². The summed E-state index contributed by atoms with van der Waals surface area (Å²) in [5.74, 6) is 0.677. The number of halogens is 2. The van der Waals surface area contributed by atoms with Crippen LogP contribution in [0.2, 0.25) is 5.02 Å². The Morgan fingerprint density at radius 2 is 1.82 bits per heavy atom. The van der Waals surface area contributed by atoms with Crippen LogP contribution in [-0.2, 0) is 6.61 Å². The van der Waals surface area contributed by atoms with Crippen molar-refractivity contribution in [3.05, 3.63) is 122 Å². The Bertz CT molecular complexity index is 1840. The third-order valence-corrected chi connectivity index (χ3v) is 7.99. The molecule has 2 N–H and O–H groups in total. The number of rotatable bonds is 11. The second-order valence-corrected chi connectivity index (χ2v) is 11.4. The molecule has 0 radical (unpaired) electrons. The molecule has 0 saturated heterocycles. The number of hydrazone groups is 1. The van der Waals surface area contributed by atoms with Crippen molar-refractivity contribution in [3.63, 3.8) is 0 Å². The second kappa shape index (κ2) is 14.7. The van der Waals surface area contributed by atoms with Gasteiger partial charge >= 0.3 is 0 Å². The molecule has 0 atom stereocenters. The van der Waals surface area contributed by atoms with Crippen LogP contribution < -0.4 is 20.2 Å². The summed E-state index contributed by atoms with van der Waals surface area (Å²) >= 11 is 11.0. The minimum Gasteiger partial charge on any atom is -0.490 e. The molecule has 0 aliphatic carbocycles. The number of anilines is 2. The molecule has 8 nitrogen and oxygen atoms in total. The van der Waals surface area contributed by atoms with E-state index < -0.39 is 0 Å². The first kappa shape index (κ1) is 30.8. The Hall–Kier alpha value is -4.69. The molecular weight excluding hydrogens is 662 g/mol. The summed E-state index contributed by atoms with van der Waals surface area (Å²) in [5.41, 5.74) is 7.61. The van der Waals surface area contributed by atoms with E-state index in [9.17, 15) is 10.1 Å². The zero-order valence-corrected chi connectivity index (χ0v) is 26.5. The van der Waals surface area contributed by atoms with Crippen LogP contribution >= 0.6 is 38.9 Å². The molecule has 0 unspecified atom stereocenters. The van der Waals surface area contributed by atoms with Crippen LogP contribution in [0.15, 0.2) is 99.9 Å². The van der Waals surface area contributed by atoms with E-state index in [-0.39, 0.29) is 12.5 Å². The quantitative estimate of drug-likeness (QED) is 0.106. The average molecular weight is 687 g/mol. The van der Waals surface area contributed by atoms with Crippen molar-refractivity contribution in [1.82, 2.24) is 10.4 Å². The van der Waals surface area contributed by atoms with Gasteiger partial charge in [0.2, 0.25) is 0 Å². The molecule has 0 fully saturated rings. The van der Waals surface area contributed by atoms with Crippen molar-refractivity contribution >= 4 is 61.8 Å². The summed E-state index contributed by atoms with van der Waals surface area (Å²) in [4.78, 5) is 17.4. The fourth-order valence-corrected chi connectivity index (χ4v) is 5.37. The van der Waals surface area contributed by atoms with Crippen LogP contribution in [-0.4, -0.2) is 23.7 Å². The van der Waals surface area contributed by atoms with Gasteiger partial charge in [0.05, 0.1) is 30.1 Å². The van der Waals surface area contributed by atoms with Gasteiger partial charge in [-0.15, -0.1) is 11.3 Å². The maximum atomic E-state index is 12.8. The minimum atomic E-state index is -0.353. The van der Waals surface area contributed by atoms with Crippen molar-refractivity contribution < 1.29 is 14.3 Å². The number of nitrogens with one attached hydrogen (secondary N) is 2. The van der Waals surface area contributed by atoms with Gasteiger partial charge in [0.25, 0.3) is 5.91 Å². The third kappa shape index (κ3) is 7.82. The molecule has 4 aromatic carbocycles. The largest absolute Gasteiger partial charge is 0.490 e. The molecule has 1 aromatic heterocycles. The SMILES string of the molecule is CCOc1cc(/C=N\NC(=O)c2ccc(-c3csc(Nc4ccc(Cl)cc4)n3)cc2)c(Br)cc1OCc1ccccc1C#N. The number of amides is 1. The molecule has 0 saturated carbocycles. The molecular formula is C33H25BrClN5O3S. The van der Waals surface area contributed by atoms with E-state index in [4.69, 9.17) is 21.1 Å². The fraction of sp³-hybridized carbons (Fsp3) is 0.0909. The van der Waals surface area contributed by atoms with Gasteiger partial charge in [-0.25, -0.2) is 10.4 Å². The Balaban J connectivity index is 1.21. The molecule has 11 heteroatoms. The first-order chi connectivity index (χ1) is 21.4. The van der Waals surface area contributed by atoms with Gasteiger partial charge in [0.15, 0.2) is 16.6 Å². The number of thiazole rings is 1. The van der Waals surface area contributed by atoms with E-state index >= 15 is 0 Å². The number of benzene rings is 4. The number of ether oxygens (including phenoxy) is 2. The van der Waals surface area contributed by atoms with E-state index in [0.717, 1.165) is 27.6 Å². The van der Waals surface area contributed by atoms with Crippen LogP contribution in [0, 0.1) is 11.3 Å². The molecule has 220 valence electrons. The number of carbonyl (C=O) groups is 1. The predicted octanol–water partition coefficient (Wildman–Crippen LogP) is 8.58. The van der Waals surface area contributed by atoms with Crippen LogP contribution in [0.5, 0.6) is 11.5 Å². The normalized spacial score (nSPS) is 10.8. The lowest BCUT2D eigenvalue weighted by atomic mass is 10.1. The van der Waals surface area contributed by atoms with E-state index in [1.165, 1.54) is 17.6 Å². The van der Waals surface area contributed by atoms with Crippen molar-refractivity contribution in [3.8, 4) is 28.8 Å². The van der Waals surface area contributed by atoms with Crippen LogP contribution in [0.4, 0.5) is 10.8 Å². The maximum Gasteiger partial charge on any atom is 0.271 e. The van der Waals surface area contributed by atoms with Gasteiger partial charge in [-0.2, -0.15) is 10.4 Å². The first-order valence-corrected chi connectivity index (χ1v) is 15.5. The number of aromatic nitrogens is 1. The molecule has 5 aromatic rings. The van der Waals surface area contributed by atoms with Crippen LogP contribution in [0.25, 0.3) is 11.3 Å². The van der Waals surface area contributed by atoms with E-state index in [1.807, 2.05) is 66.9 Å². The highest BCUT2D eigenvalue weighted by molar-refractivity contribution is 9.10. The number of hydrogen-bond acceptors (Lipinski definition) is 8. The van der Waals surface area contributed by atoms with E-state index in [0.29, 0.717) is 44.3 Å². The zero-order chi connectivity index (χ0) is 30.9. The summed E-state index contributed by atoms with van der Waals surface area (Å²) in [6, 6.07) is 27.5. The van der Waals surface area contributed by atoms with Gasteiger partial charge in [0.1, 0.15) is 6.61 Å². The molecule has 0 bridgehead atoms. The standard InChI is InChI=1S/C33H25BrClN5O3S/c1-2-42-30-15-25(28(34)16-31(30)43-19-24-6-4-3-5-23(24)17-36)18-37-40-32(41)22-9-7-21(8-10-22)29-20-44-33(39-29)38-27-13-11-26(35)12-14-27/h3-16,18,20H,2,19H2,1H3,(H,38,39)(H,40,41)/b37-18-. The van der Waals surface area contributed by atoms with Gasteiger partial charge in [0, 0.05) is 42.8 Å². The van der Waals surface area contributed by atoms with Crippen LogP contribution in [0.1, 0.15) is 34.0 Å². The lowest BCUT2D eigenvalue weighted by Crippen LogP contribution is -2.17. The van der Waals surface area contributed by atoms with E-state index in [1.54, 1.807) is 30.3 Å². The fourth-order valence-electron chi connectivity index (χ4n) is 4.08. The third-order valence-electron chi connectivity index (χ3n) is 6.30. The van der Waals surface area contributed by atoms with Crippen molar-refractivity contribution in [1.29, 1.82) is 5.26 Å². The highest BCUT2D eigenvalue weighted by atomic mass is 79.9. The molecule has 1 heterocycles. The van der Waals surface area contributed by atoms with Gasteiger partial charge in [-0.05, 0) is 77.5 Å². The number of nitrogens with zero attached hydrogens (tertiary/aromatic N) is 3. The molecule has 0 spiro atoms. The maximum absolute atomic E-state index is 12.8. The Morgan fingerprint density at radius 1 is 1.07 bits per heavy atom. The molecule has 0 aliphatic heterocycles. The number of nitriles is 1. The molecule has 44 heavy (non-hydrogen) atoms. The minimum absolute atomic E-state index is 0.211. The summed E-state index contributed by atoms with van der Waals surface area (Å²) in [7, 11) is 0. The van der Waals surface area contributed by atoms with Crippen molar-refractivity contribution in [2.45, 2.75) is 13.5 Å². The molecule has 5 rings (SSSR count). The number of carbonyl (C=O) groups excluding carboxylic acids is 1. The predicted molar refractivity (Wildman–Crippen MR) is 178 cm³/mol. The average Bonchev–Trinajstić information content (AvgIpc) is 3.51. The Morgan fingerprint density at radius 3 is 2.57 bits per heavy atom. The van der Waals surface area contributed by atoms with Crippen molar-refractivity contribution in [2.75, 3.05) is 11.9 Å².